The minimum Gasteiger partial charge on any atom is -0.497 e. The molecule has 1 atom stereocenters. The van der Waals surface area contributed by atoms with Gasteiger partial charge < -0.3 is 14.8 Å². The van der Waals surface area contributed by atoms with Crippen molar-refractivity contribution in [2.24, 2.45) is 0 Å². The van der Waals surface area contributed by atoms with Gasteiger partial charge in [-0.2, -0.15) is 0 Å². The molecule has 1 aromatic heterocycles. The molecule has 0 spiro atoms. The molecule has 1 unspecified atom stereocenters. The highest BCUT2D eigenvalue weighted by Gasteiger charge is 2.17. The van der Waals surface area contributed by atoms with Gasteiger partial charge in [0.15, 0.2) is 0 Å². The second kappa shape index (κ2) is 6.72. The molecule has 1 heterocycles. The predicted molar refractivity (Wildman–Crippen MR) is 82.4 cm³/mol. The number of nitrogens with one attached hydrogen (secondary N) is 1. The first-order valence-electron chi connectivity index (χ1n) is 6.19. The van der Waals surface area contributed by atoms with Gasteiger partial charge in [0.25, 0.3) is 0 Å². The van der Waals surface area contributed by atoms with Crippen LogP contribution in [0.5, 0.6) is 11.5 Å². The molecule has 0 radical (unpaired) electrons. The smallest absolute Gasteiger partial charge is 0.127 e. The Morgan fingerprint density at radius 2 is 1.95 bits per heavy atom. The minimum atomic E-state index is 0.000793. The summed E-state index contributed by atoms with van der Waals surface area (Å²) in [5.74, 6) is 1.55. The van der Waals surface area contributed by atoms with E-state index in [1.807, 2.05) is 37.5 Å². The van der Waals surface area contributed by atoms with Crippen LogP contribution in [0, 0.1) is 0 Å². The molecule has 2 aromatic rings. The van der Waals surface area contributed by atoms with E-state index in [1.54, 1.807) is 20.4 Å². The van der Waals surface area contributed by atoms with Crippen molar-refractivity contribution in [3.63, 3.8) is 0 Å². The Morgan fingerprint density at radius 3 is 2.55 bits per heavy atom. The summed E-state index contributed by atoms with van der Waals surface area (Å²) in [6.07, 6.45) is 3.61. The van der Waals surface area contributed by atoms with Gasteiger partial charge in [0.05, 0.1) is 20.3 Å². The van der Waals surface area contributed by atoms with E-state index in [2.05, 4.69) is 26.2 Å². The number of ether oxygens (including phenoxy) is 2. The molecule has 0 bridgehead atoms. The summed E-state index contributed by atoms with van der Waals surface area (Å²) in [6.45, 7) is 0. The molecule has 1 aromatic carbocycles. The van der Waals surface area contributed by atoms with E-state index in [0.29, 0.717) is 0 Å². The van der Waals surface area contributed by atoms with Crippen molar-refractivity contribution >= 4 is 15.9 Å². The lowest BCUT2D eigenvalue weighted by atomic mass is 9.99. The summed E-state index contributed by atoms with van der Waals surface area (Å²) in [7, 11) is 5.21. The number of nitrogens with zero attached hydrogens (tertiary/aromatic N) is 1. The standard InChI is InChI=1S/C15H17BrN2O2/c1-17-15(10-6-11(16)9-18-8-10)13-5-4-12(19-2)7-14(13)20-3/h4-9,15,17H,1-3H3. The number of methoxy groups -OCH3 is 2. The zero-order valence-electron chi connectivity index (χ0n) is 11.7. The number of aromatic nitrogens is 1. The van der Waals surface area contributed by atoms with E-state index < -0.39 is 0 Å². The van der Waals surface area contributed by atoms with E-state index in [0.717, 1.165) is 27.1 Å². The van der Waals surface area contributed by atoms with Gasteiger partial charge in [0.1, 0.15) is 11.5 Å². The average Bonchev–Trinajstić information content (AvgIpc) is 2.48. The third-order valence-electron chi connectivity index (χ3n) is 3.10. The van der Waals surface area contributed by atoms with Crippen LogP contribution in [0.2, 0.25) is 0 Å². The third kappa shape index (κ3) is 3.11. The van der Waals surface area contributed by atoms with Gasteiger partial charge in [-0.1, -0.05) is 0 Å². The third-order valence-corrected chi connectivity index (χ3v) is 3.53. The van der Waals surface area contributed by atoms with Crippen molar-refractivity contribution in [2.45, 2.75) is 6.04 Å². The quantitative estimate of drug-likeness (QED) is 0.910. The summed E-state index contributed by atoms with van der Waals surface area (Å²) in [5, 5.41) is 3.29. The molecule has 0 aliphatic carbocycles. The molecule has 0 fully saturated rings. The average molecular weight is 337 g/mol. The number of halogens is 1. The molecule has 0 amide bonds. The number of benzene rings is 1. The topological polar surface area (TPSA) is 43.4 Å². The molecule has 0 saturated carbocycles. The molecule has 4 nitrogen and oxygen atoms in total. The van der Waals surface area contributed by atoms with Crippen LogP contribution in [-0.4, -0.2) is 26.3 Å². The summed E-state index contributed by atoms with van der Waals surface area (Å²) >= 11 is 3.45. The lowest BCUT2D eigenvalue weighted by Gasteiger charge is -2.20. The normalized spacial score (nSPS) is 12.0. The second-order valence-corrected chi connectivity index (χ2v) is 5.18. The molecule has 0 saturated heterocycles. The zero-order valence-corrected chi connectivity index (χ0v) is 13.3. The fraction of sp³-hybridized carbons (Fsp3) is 0.267. The predicted octanol–water partition coefficient (Wildman–Crippen LogP) is 3.17. The van der Waals surface area contributed by atoms with Crippen molar-refractivity contribution in [1.82, 2.24) is 10.3 Å². The molecule has 0 aliphatic rings. The number of hydrogen-bond acceptors (Lipinski definition) is 4. The van der Waals surface area contributed by atoms with Crippen molar-refractivity contribution in [2.75, 3.05) is 21.3 Å². The molecule has 20 heavy (non-hydrogen) atoms. The molecule has 1 N–H and O–H groups in total. The Kier molecular flexibility index (Phi) is 4.98. The molecular formula is C15H17BrN2O2. The van der Waals surface area contributed by atoms with Crippen LogP contribution >= 0.6 is 15.9 Å². The second-order valence-electron chi connectivity index (χ2n) is 4.27. The maximum Gasteiger partial charge on any atom is 0.127 e. The number of rotatable bonds is 5. The first kappa shape index (κ1) is 14.8. The van der Waals surface area contributed by atoms with Crippen LogP contribution < -0.4 is 14.8 Å². The highest BCUT2D eigenvalue weighted by atomic mass is 79.9. The Bertz CT molecular complexity index is 590. The van der Waals surface area contributed by atoms with E-state index in [-0.39, 0.29) is 6.04 Å². The molecule has 106 valence electrons. The van der Waals surface area contributed by atoms with Crippen LogP contribution in [0.15, 0.2) is 41.1 Å². The summed E-state index contributed by atoms with van der Waals surface area (Å²) < 4.78 is 11.6. The lowest BCUT2D eigenvalue weighted by Crippen LogP contribution is -2.18. The van der Waals surface area contributed by atoms with Crippen LogP contribution in [0.4, 0.5) is 0 Å². The number of hydrogen-bond donors (Lipinski definition) is 1. The van der Waals surface area contributed by atoms with Gasteiger partial charge in [0.2, 0.25) is 0 Å². The maximum absolute atomic E-state index is 5.47. The maximum atomic E-state index is 5.47. The van der Waals surface area contributed by atoms with Crippen LogP contribution in [0.3, 0.4) is 0 Å². The molecule has 0 aliphatic heterocycles. The zero-order chi connectivity index (χ0) is 14.5. The fourth-order valence-corrected chi connectivity index (χ4v) is 2.53. The molecular weight excluding hydrogens is 320 g/mol. The molecule has 5 heteroatoms. The fourth-order valence-electron chi connectivity index (χ4n) is 2.14. The van der Waals surface area contributed by atoms with Gasteiger partial charge in [0, 0.05) is 28.5 Å². The van der Waals surface area contributed by atoms with Gasteiger partial charge in [-0.3, -0.25) is 4.98 Å². The Morgan fingerprint density at radius 1 is 1.15 bits per heavy atom. The van der Waals surface area contributed by atoms with Gasteiger partial charge in [-0.15, -0.1) is 0 Å². The van der Waals surface area contributed by atoms with Crippen molar-refractivity contribution < 1.29 is 9.47 Å². The van der Waals surface area contributed by atoms with Crippen molar-refractivity contribution in [3.8, 4) is 11.5 Å². The minimum absolute atomic E-state index is 0.000793. The summed E-state index contributed by atoms with van der Waals surface area (Å²) in [4.78, 5) is 4.22. The largest absolute Gasteiger partial charge is 0.497 e. The first-order chi connectivity index (χ1) is 9.69. The van der Waals surface area contributed by atoms with Crippen LogP contribution in [0.1, 0.15) is 17.2 Å². The SMILES string of the molecule is CNC(c1cncc(Br)c1)c1ccc(OC)cc1OC. The Hall–Kier alpha value is -1.59. The van der Waals surface area contributed by atoms with Crippen LogP contribution in [0.25, 0.3) is 0 Å². The van der Waals surface area contributed by atoms with Gasteiger partial charge >= 0.3 is 0 Å². The Balaban J connectivity index is 2.46. The summed E-state index contributed by atoms with van der Waals surface area (Å²) in [6, 6.07) is 7.84. The van der Waals surface area contributed by atoms with Crippen LogP contribution in [-0.2, 0) is 0 Å². The summed E-state index contributed by atoms with van der Waals surface area (Å²) in [5.41, 5.74) is 2.10. The first-order valence-corrected chi connectivity index (χ1v) is 6.98. The van der Waals surface area contributed by atoms with E-state index >= 15 is 0 Å². The molecule has 2 rings (SSSR count). The highest BCUT2D eigenvalue weighted by molar-refractivity contribution is 9.10. The van der Waals surface area contributed by atoms with E-state index in [4.69, 9.17) is 9.47 Å². The lowest BCUT2D eigenvalue weighted by molar-refractivity contribution is 0.388. The highest BCUT2D eigenvalue weighted by Crippen LogP contribution is 2.33. The Labute approximate surface area is 127 Å². The number of pyridine rings is 1. The van der Waals surface area contributed by atoms with Crippen molar-refractivity contribution in [3.05, 3.63) is 52.3 Å². The van der Waals surface area contributed by atoms with Gasteiger partial charge in [-0.25, -0.2) is 0 Å². The van der Waals surface area contributed by atoms with E-state index in [9.17, 15) is 0 Å². The van der Waals surface area contributed by atoms with Gasteiger partial charge in [-0.05, 0) is 46.7 Å². The van der Waals surface area contributed by atoms with E-state index in [1.165, 1.54) is 0 Å². The monoisotopic (exact) mass is 336 g/mol. The van der Waals surface area contributed by atoms with Crippen molar-refractivity contribution in [1.29, 1.82) is 0 Å².